The topological polar surface area (TPSA) is 107 Å². The molecule has 3 atom stereocenters. The van der Waals surface area contributed by atoms with Crippen molar-refractivity contribution in [3.8, 4) is 5.75 Å². The molecule has 3 heterocycles. The van der Waals surface area contributed by atoms with Crippen LogP contribution in [-0.2, 0) is 14.4 Å². The van der Waals surface area contributed by atoms with Crippen LogP contribution in [0.3, 0.4) is 0 Å². The van der Waals surface area contributed by atoms with Gasteiger partial charge in [-0.1, -0.05) is 65.4 Å². The molecule has 3 aliphatic heterocycles. The summed E-state index contributed by atoms with van der Waals surface area (Å²) in [4.78, 5) is 41.1. The number of nitrogens with zero attached hydrogens (tertiary/aromatic N) is 6. The van der Waals surface area contributed by atoms with E-state index in [4.69, 9.17) is 9.84 Å². The van der Waals surface area contributed by atoms with Gasteiger partial charge in [0, 0.05) is 6.42 Å². The highest BCUT2D eigenvalue weighted by Crippen LogP contribution is 2.35. The van der Waals surface area contributed by atoms with E-state index >= 15 is 0 Å². The summed E-state index contributed by atoms with van der Waals surface area (Å²) < 4.78 is 5.29. The summed E-state index contributed by atoms with van der Waals surface area (Å²) in [6.45, 7) is 1.77. The van der Waals surface area contributed by atoms with Crippen molar-refractivity contribution in [2.24, 2.45) is 15.4 Å². The minimum Gasteiger partial charge on any atom is -0.497 e. The molecule has 6 rings (SSSR count). The van der Waals surface area contributed by atoms with Gasteiger partial charge >= 0.3 is 0 Å². The van der Waals surface area contributed by atoms with Gasteiger partial charge in [0.25, 0.3) is 17.7 Å². The van der Waals surface area contributed by atoms with Gasteiger partial charge in [0.1, 0.15) is 12.3 Å². The van der Waals surface area contributed by atoms with E-state index in [2.05, 4.69) is 10.3 Å². The van der Waals surface area contributed by atoms with Crippen LogP contribution < -0.4 is 9.64 Å². The number of methoxy groups -OCH3 is 1. The summed E-state index contributed by atoms with van der Waals surface area (Å²) in [7, 11) is 1.60. The molecule has 3 aromatic carbocycles. The second kappa shape index (κ2) is 9.79. The number of anilines is 1. The standard InChI is InChI=1S/C29H26N6O4/c1-18-8-10-19(11-9-18)23-16-24(20-12-14-22(39-2)15-13-20)35(31-23)25(36)17-33-27-26(30-32-33)28(37)34(29(27)38)21-6-4-3-5-7-21/h3-15,24,26-27H,16-17H2,1-2H3/t24-,26+,27+/m1/s1. The molecule has 3 aliphatic rings. The molecule has 0 N–H and O–H groups in total. The van der Waals surface area contributed by atoms with E-state index in [0.717, 1.165) is 27.3 Å². The van der Waals surface area contributed by atoms with Crippen molar-refractivity contribution >= 4 is 29.1 Å². The van der Waals surface area contributed by atoms with Crippen LogP contribution in [0, 0.1) is 6.92 Å². The van der Waals surface area contributed by atoms with E-state index in [1.165, 1.54) is 10.0 Å². The van der Waals surface area contributed by atoms with E-state index in [0.29, 0.717) is 17.9 Å². The minimum atomic E-state index is -0.979. The van der Waals surface area contributed by atoms with Gasteiger partial charge in [-0.05, 0) is 42.3 Å². The average molecular weight is 523 g/mol. The van der Waals surface area contributed by atoms with Crippen molar-refractivity contribution < 1.29 is 19.1 Å². The fourth-order valence-electron chi connectivity index (χ4n) is 5.14. The minimum absolute atomic E-state index is 0.246. The van der Waals surface area contributed by atoms with Crippen molar-refractivity contribution in [1.82, 2.24) is 10.0 Å². The maximum atomic E-state index is 13.7. The van der Waals surface area contributed by atoms with Crippen LogP contribution in [0.5, 0.6) is 5.75 Å². The van der Waals surface area contributed by atoms with Crippen LogP contribution >= 0.6 is 0 Å². The van der Waals surface area contributed by atoms with Crippen molar-refractivity contribution in [3.05, 3.63) is 95.6 Å². The Kier molecular flexibility index (Phi) is 6.14. The third-order valence-corrected chi connectivity index (χ3v) is 7.22. The highest BCUT2D eigenvalue weighted by molar-refractivity contribution is 6.25. The number of hydrogen-bond donors (Lipinski definition) is 0. The molecule has 10 nitrogen and oxygen atoms in total. The molecule has 3 amide bonds. The van der Waals surface area contributed by atoms with Crippen molar-refractivity contribution in [1.29, 1.82) is 0 Å². The molecule has 196 valence electrons. The highest BCUT2D eigenvalue weighted by Gasteiger charge is 2.55. The first-order valence-corrected chi connectivity index (χ1v) is 12.7. The molecule has 1 saturated heterocycles. The molecule has 0 bridgehead atoms. The summed E-state index contributed by atoms with van der Waals surface area (Å²) in [5.74, 6) is -0.543. The Hall–Kier alpha value is -4.86. The van der Waals surface area contributed by atoms with Gasteiger partial charge in [-0.25, -0.2) is 9.91 Å². The normalized spacial score (nSPS) is 21.9. The fourth-order valence-corrected chi connectivity index (χ4v) is 5.14. The van der Waals surface area contributed by atoms with E-state index in [-0.39, 0.29) is 18.5 Å². The molecule has 39 heavy (non-hydrogen) atoms. The Labute approximate surface area is 225 Å². The van der Waals surface area contributed by atoms with Gasteiger partial charge < -0.3 is 4.74 Å². The van der Waals surface area contributed by atoms with Crippen molar-refractivity contribution in [2.45, 2.75) is 31.5 Å². The molecule has 10 heteroatoms. The van der Waals surface area contributed by atoms with Crippen LogP contribution in [0.15, 0.2) is 94.3 Å². The van der Waals surface area contributed by atoms with E-state index < -0.39 is 23.9 Å². The van der Waals surface area contributed by atoms with Crippen LogP contribution in [0.2, 0.25) is 0 Å². The van der Waals surface area contributed by atoms with Crippen LogP contribution in [0.25, 0.3) is 0 Å². The Bertz CT molecular complexity index is 1490. The first-order valence-electron chi connectivity index (χ1n) is 12.7. The van der Waals surface area contributed by atoms with Gasteiger partial charge in [0.2, 0.25) is 0 Å². The monoisotopic (exact) mass is 522 g/mol. The molecular weight excluding hydrogens is 496 g/mol. The number of carbonyl (C=O) groups is 3. The van der Waals surface area contributed by atoms with E-state index in [1.54, 1.807) is 37.4 Å². The number of imide groups is 1. The largest absolute Gasteiger partial charge is 0.497 e. The average Bonchev–Trinajstić information content (AvgIpc) is 3.65. The quantitative estimate of drug-likeness (QED) is 0.459. The summed E-state index contributed by atoms with van der Waals surface area (Å²) >= 11 is 0. The van der Waals surface area contributed by atoms with Crippen LogP contribution in [0.4, 0.5) is 5.69 Å². The Morgan fingerprint density at radius 3 is 2.36 bits per heavy atom. The van der Waals surface area contributed by atoms with Crippen LogP contribution in [0.1, 0.15) is 29.2 Å². The lowest BCUT2D eigenvalue weighted by Gasteiger charge is -2.25. The molecule has 0 aliphatic carbocycles. The number of carbonyl (C=O) groups excluding carboxylic acids is 3. The number of rotatable bonds is 6. The maximum absolute atomic E-state index is 13.7. The Morgan fingerprint density at radius 1 is 0.949 bits per heavy atom. The number of benzene rings is 3. The summed E-state index contributed by atoms with van der Waals surface area (Å²) in [5, 5.41) is 15.6. The highest BCUT2D eigenvalue weighted by atomic mass is 16.5. The number of amides is 3. The summed E-state index contributed by atoms with van der Waals surface area (Å²) in [5.41, 5.74) is 4.22. The summed E-state index contributed by atoms with van der Waals surface area (Å²) in [6, 6.07) is 21.9. The van der Waals surface area contributed by atoms with Gasteiger partial charge in [-0.2, -0.15) is 10.2 Å². The number of aryl methyl sites for hydroxylation is 1. The molecule has 1 fully saturated rings. The van der Waals surface area contributed by atoms with E-state index in [9.17, 15) is 14.4 Å². The Morgan fingerprint density at radius 2 is 1.67 bits per heavy atom. The second-order valence-electron chi connectivity index (χ2n) is 9.68. The van der Waals surface area contributed by atoms with Gasteiger partial charge in [0.15, 0.2) is 12.1 Å². The van der Waals surface area contributed by atoms with Gasteiger partial charge in [0.05, 0.1) is 24.6 Å². The van der Waals surface area contributed by atoms with Gasteiger partial charge in [-0.3, -0.25) is 19.4 Å². The van der Waals surface area contributed by atoms with Crippen LogP contribution in [-0.4, -0.2) is 59.2 Å². The molecule has 0 radical (unpaired) electrons. The fraction of sp³-hybridized carbons (Fsp3) is 0.241. The number of hydrogen-bond acceptors (Lipinski definition) is 8. The molecule has 0 unspecified atom stereocenters. The number of fused-ring (bicyclic) bond motifs is 1. The van der Waals surface area contributed by atoms with Gasteiger partial charge in [-0.15, -0.1) is 0 Å². The lowest BCUT2D eigenvalue weighted by molar-refractivity contribution is -0.135. The third-order valence-electron chi connectivity index (χ3n) is 7.22. The molecule has 0 aromatic heterocycles. The Balaban J connectivity index is 1.26. The smallest absolute Gasteiger partial charge is 0.264 e. The zero-order valence-electron chi connectivity index (χ0n) is 21.5. The predicted octanol–water partition coefficient (Wildman–Crippen LogP) is 3.67. The number of para-hydroxylation sites is 1. The number of ether oxygens (including phenoxy) is 1. The van der Waals surface area contributed by atoms with E-state index in [1.807, 2.05) is 55.5 Å². The first-order chi connectivity index (χ1) is 18.9. The third kappa shape index (κ3) is 4.33. The molecule has 0 spiro atoms. The van der Waals surface area contributed by atoms with Crippen molar-refractivity contribution in [3.63, 3.8) is 0 Å². The predicted molar refractivity (Wildman–Crippen MR) is 143 cm³/mol. The zero-order chi connectivity index (χ0) is 27.1. The summed E-state index contributed by atoms with van der Waals surface area (Å²) in [6.07, 6.45) is 0.522. The molecule has 3 aromatic rings. The maximum Gasteiger partial charge on any atom is 0.264 e. The first kappa shape index (κ1) is 24.5. The zero-order valence-corrected chi connectivity index (χ0v) is 21.5. The van der Waals surface area contributed by atoms with Crippen molar-refractivity contribution in [2.75, 3.05) is 18.6 Å². The second-order valence-corrected chi connectivity index (χ2v) is 9.68. The SMILES string of the molecule is COc1ccc([C@H]2CC(c3ccc(C)cc3)=NN2C(=O)CN2N=N[C@@H]3C(=O)N(c4ccccc4)C(=O)[C@H]32)cc1. The lowest BCUT2D eigenvalue weighted by Crippen LogP contribution is -2.44. The molecule has 0 saturated carbocycles. The lowest BCUT2D eigenvalue weighted by atomic mass is 9.98. The molecular formula is C29H26N6O4. The number of hydrazone groups is 1.